The van der Waals surface area contributed by atoms with E-state index in [0.29, 0.717) is 5.82 Å². The molecule has 0 aliphatic carbocycles. The van der Waals surface area contributed by atoms with Crippen molar-refractivity contribution in [1.82, 2.24) is 14.8 Å². The molecule has 0 aromatic carbocycles. The maximum Gasteiger partial charge on any atom is 0.335 e. The fraction of sp³-hybridized carbons (Fsp3) is 0.400. The number of carbonyl (C=O) groups is 1. The van der Waals surface area contributed by atoms with E-state index in [-0.39, 0.29) is 11.0 Å². The minimum absolute atomic E-state index is 0.216. The molecule has 0 saturated heterocycles. The molecule has 0 amide bonds. The Labute approximate surface area is 132 Å². The maximum absolute atomic E-state index is 11.4. The number of nitrogens with zero attached hydrogens (tertiary/aromatic N) is 3. The number of hydrogen-bond donors (Lipinski definition) is 1. The van der Waals surface area contributed by atoms with Crippen molar-refractivity contribution < 1.29 is 9.90 Å². The van der Waals surface area contributed by atoms with Crippen LogP contribution >= 0.6 is 15.9 Å². The molecule has 0 aliphatic heterocycles. The topological polar surface area (TPSA) is 68.0 Å². The molecule has 0 radical (unpaired) electrons. The SMILES string of the molecule is Cc1nn(-c2cc(C(=O)O)cc(C(C)(C)C)n2)c(C)c1Br. The molecule has 0 bridgehead atoms. The predicted octanol–water partition coefficient (Wildman–Crippen LogP) is 3.64. The van der Waals surface area contributed by atoms with Gasteiger partial charge in [-0.2, -0.15) is 5.10 Å². The van der Waals surface area contributed by atoms with E-state index in [1.54, 1.807) is 16.8 Å². The molecule has 2 aromatic rings. The number of aromatic nitrogens is 3. The van der Waals surface area contributed by atoms with E-state index < -0.39 is 5.97 Å². The van der Waals surface area contributed by atoms with E-state index in [2.05, 4.69) is 26.0 Å². The van der Waals surface area contributed by atoms with Gasteiger partial charge in [-0.05, 0) is 41.9 Å². The van der Waals surface area contributed by atoms with Crippen molar-refractivity contribution in [3.63, 3.8) is 0 Å². The van der Waals surface area contributed by atoms with Gasteiger partial charge in [0, 0.05) is 11.1 Å². The van der Waals surface area contributed by atoms with Crippen molar-refractivity contribution in [1.29, 1.82) is 0 Å². The Morgan fingerprint density at radius 1 is 1.29 bits per heavy atom. The minimum Gasteiger partial charge on any atom is -0.478 e. The molecule has 0 aliphatic rings. The highest BCUT2D eigenvalue weighted by atomic mass is 79.9. The van der Waals surface area contributed by atoms with Crippen molar-refractivity contribution >= 4 is 21.9 Å². The Morgan fingerprint density at radius 3 is 2.33 bits per heavy atom. The molecular weight excluding hydrogens is 334 g/mol. The first-order valence-electron chi connectivity index (χ1n) is 6.59. The van der Waals surface area contributed by atoms with Crippen molar-refractivity contribution in [2.75, 3.05) is 0 Å². The summed E-state index contributed by atoms with van der Waals surface area (Å²) in [5.41, 5.74) is 2.43. The number of pyridine rings is 1. The number of carboxylic acid groups (broad SMARTS) is 1. The lowest BCUT2D eigenvalue weighted by Gasteiger charge is -2.19. The van der Waals surface area contributed by atoms with Crippen LogP contribution in [0.2, 0.25) is 0 Å². The molecule has 5 nitrogen and oxygen atoms in total. The summed E-state index contributed by atoms with van der Waals surface area (Å²) < 4.78 is 2.57. The average molecular weight is 352 g/mol. The number of aromatic carboxylic acids is 1. The van der Waals surface area contributed by atoms with Gasteiger partial charge in [0.15, 0.2) is 5.82 Å². The molecule has 2 heterocycles. The van der Waals surface area contributed by atoms with Crippen molar-refractivity contribution in [3.05, 3.63) is 39.3 Å². The van der Waals surface area contributed by atoms with E-state index in [1.165, 1.54) is 0 Å². The molecule has 2 aromatic heterocycles. The largest absolute Gasteiger partial charge is 0.478 e. The normalized spacial score (nSPS) is 11.7. The summed E-state index contributed by atoms with van der Waals surface area (Å²) in [6.45, 7) is 9.81. The van der Waals surface area contributed by atoms with Crippen LogP contribution in [0.4, 0.5) is 0 Å². The van der Waals surface area contributed by atoms with Gasteiger partial charge >= 0.3 is 5.97 Å². The van der Waals surface area contributed by atoms with E-state index in [9.17, 15) is 9.90 Å². The van der Waals surface area contributed by atoms with Gasteiger partial charge in [-0.1, -0.05) is 20.8 Å². The predicted molar refractivity (Wildman–Crippen MR) is 84.2 cm³/mol. The molecule has 0 unspecified atom stereocenters. The van der Waals surface area contributed by atoms with E-state index >= 15 is 0 Å². The number of rotatable bonds is 2. The Hall–Kier alpha value is -1.69. The zero-order valence-electron chi connectivity index (χ0n) is 12.7. The molecule has 6 heteroatoms. The lowest BCUT2D eigenvalue weighted by Crippen LogP contribution is -2.17. The highest BCUT2D eigenvalue weighted by Gasteiger charge is 2.21. The van der Waals surface area contributed by atoms with Crippen LogP contribution in [-0.4, -0.2) is 25.8 Å². The van der Waals surface area contributed by atoms with Crippen LogP contribution in [0.25, 0.3) is 5.82 Å². The first-order valence-corrected chi connectivity index (χ1v) is 7.38. The molecule has 0 fully saturated rings. The summed E-state index contributed by atoms with van der Waals surface area (Å²) in [4.78, 5) is 15.9. The summed E-state index contributed by atoms with van der Waals surface area (Å²) in [5, 5.41) is 13.7. The first kappa shape index (κ1) is 15.7. The maximum atomic E-state index is 11.4. The molecule has 1 N–H and O–H groups in total. The second-order valence-corrected chi connectivity index (χ2v) is 6.84. The third-order valence-electron chi connectivity index (χ3n) is 3.25. The van der Waals surface area contributed by atoms with Gasteiger partial charge in [0.2, 0.25) is 0 Å². The van der Waals surface area contributed by atoms with Crippen LogP contribution in [0.3, 0.4) is 0 Å². The van der Waals surface area contributed by atoms with Gasteiger partial charge < -0.3 is 5.11 Å². The van der Waals surface area contributed by atoms with Crippen molar-refractivity contribution in [3.8, 4) is 5.82 Å². The fourth-order valence-corrected chi connectivity index (χ4v) is 2.23. The zero-order valence-corrected chi connectivity index (χ0v) is 14.3. The van der Waals surface area contributed by atoms with Crippen LogP contribution in [0, 0.1) is 13.8 Å². The van der Waals surface area contributed by atoms with Crippen LogP contribution < -0.4 is 0 Å². The van der Waals surface area contributed by atoms with Crippen LogP contribution in [0.1, 0.15) is 48.2 Å². The average Bonchev–Trinajstić information content (AvgIpc) is 2.65. The quantitative estimate of drug-likeness (QED) is 0.896. The Bertz CT molecular complexity index is 714. The van der Waals surface area contributed by atoms with Gasteiger partial charge in [0.25, 0.3) is 0 Å². The van der Waals surface area contributed by atoms with Crippen molar-refractivity contribution in [2.24, 2.45) is 0 Å². The van der Waals surface area contributed by atoms with E-state index in [1.807, 2.05) is 34.6 Å². The third kappa shape index (κ3) is 3.00. The Morgan fingerprint density at radius 2 is 1.90 bits per heavy atom. The first-order chi connectivity index (χ1) is 9.61. The van der Waals surface area contributed by atoms with Crippen LogP contribution in [0.15, 0.2) is 16.6 Å². The van der Waals surface area contributed by atoms with E-state index in [4.69, 9.17) is 0 Å². The van der Waals surface area contributed by atoms with Gasteiger partial charge in [0.05, 0.1) is 21.4 Å². The van der Waals surface area contributed by atoms with E-state index in [0.717, 1.165) is 21.6 Å². The van der Waals surface area contributed by atoms with Gasteiger partial charge in [-0.25, -0.2) is 14.5 Å². The number of hydrogen-bond acceptors (Lipinski definition) is 3. The van der Waals surface area contributed by atoms with Gasteiger partial charge in [-0.3, -0.25) is 0 Å². The second-order valence-electron chi connectivity index (χ2n) is 6.05. The minimum atomic E-state index is -0.968. The highest BCUT2D eigenvalue weighted by Crippen LogP contribution is 2.26. The third-order valence-corrected chi connectivity index (χ3v) is 4.39. The standard InChI is InChI=1S/C15H18BrN3O2/c1-8-13(16)9(2)19(18-8)12-7-10(14(20)21)6-11(17-12)15(3,4)5/h6-7H,1-5H3,(H,20,21). The van der Waals surface area contributed by atoms with Crippen LogP contribution in [-0.2, 0) is 5.41 Å². The summed E-state index contributed by atoms with van der Waals surface area (Å²) in [5.74, 6) is -0.448. The Kier molecular flexibility index (Phi) is 3.93. The summed E-state index contributed by atoms with van der Waals surface area (Å²) in [6, 6.07) is 3.16. The highest BCUT2D eigenvalue weighted by molar-refractivity contribution is 9.10. The molecule has 21 heavy (non-hydrogen) atoms. The molecule has 2 rings (SSSR count). The fourth-order valence-electron chi connectivity index (χ4n) is 1.98. The lowest BCUT2D eigenvalue weighted by atomic mass is 9.91. The van der Waals surface area contributed by atoms with Gasteiger partial charge in [0.1, 0.15) is 0 Å². The molecule has 112 valence electrons. The zero-order chi connectivity index (χ0) is 15.9. The Balaban J connectivity index is 2.71. The number of carboxylic acids is 1. The molecule has 0 spiro atoms. The molecular formula is C15H18BrN3O2. The van der Waals surface area contributed by atoms with Crippen molar-refractivity contribution in [2.45, 2.75) is 40.0 Å². The summed E-state index contributed by atoms with van der Waals surface area (Å²) in [6.07, 6.45) is 0. The van der Waals surface area contributed by atoms with Crippen LogP contribution in [0.5, 0.6) is 0 Å². The van der Waals surface area contributed by atoms with Gasteiger partial charge in [-0.15, -0.1) is 0 Å². The molecule has 0 atom stereocenters. The number of halogens is 1. The summed E-state index contributed by atoms with van der Waals surface area (Å²) in [7, 11) is 0. The number of aryl methyl sites for hydroxylation is 1. The summed E-state index contributed by atoms with van der Waals surface area (Å²) >= 11 is 3.48. The molecule has 0 saturated carbocycles. The monoisotopic (exact) mass is 351 g/mol. The lowest BCUT2D eigenvalue weighted by molar-refractivity contribution is 0.0696. The smallest absolute Gasteiger partial charge is 0.335 e. The second kappa shape index (κ2) is 5.26.